The maximum atomic E-state index is 5.66. The van der Waals surface area contributed by atoms with E-state index in [0.717, 1.165) is 37.1 Å². The summed E-state index contributed by atoms with van der Waals surface area (Å²) >= 11 is 5.66. The molecule has 1 unspecified atom stereocenters. The molecule has 1 aromatic rings. The average molecular weight is 388 g/mol. The highest BCUT2D eigenvalue weighted by Gasteiger charge is 2.10. The Labute approximate surface area is 172 Å². The number of allylic oxidation sites excluding steroid dienone is 3. The number of aryl methyl sites for hydroxylation is 3. The molecule has 0 heterocycles. The summed E-state index contributed by atoms with van der Waals surface area (Å²) in [6.45, 7) is 19.5. The first-order valence-corrected chi connectivity index (χ1v) is 10.6. The van der Waals surface area contributed by atoms with Crippen molar-refractivity contribution in [1.82, 2.24) is 5.32 Å². The largest absolute Gasteiger partial charge is 0.316 e. The predicted molar refractivity (Wildman–Crippen MR) is 123 cm³/mol. The lowest BCUT2D eigenvalue weighted by molar-refractivity contribution is 0.482. The molecular weight excluding hydrogens is 350 g/mol. The molecule has 27 heavy (non-hydrogen) atoms. The van der Waals surface area contributed by atoms with E-state index in [9.17, 15) is 0 Å². The third-order valence-electron chi connectivity index (χ3n) is 5.15. The molecule has 2 heteroatoms. The van der Waals surface area contributed by atoms with Gasteiger partial charge in [-0.05, 0) is 92.8 Å². The van der Waals surface area contributed by atoms with Crippen LogP contribution in [0.4, 0.5) is 0 Å². The fraction of sp³-hybridized carbons (Fsp3) is 0.520. The first kappa shape index (κ1) is 23.7. The van der Waals surface area contributed by atoms with Gasteiger partial charge in [0, 0.05) is 5.54 Å². The first-order valence-electron chi connectivity index (χ1n) is 10.2. The van der Waals surface area contributed by atoms with Gasteiger partial charge in [0.05, 0.1) is 0 Å². The predicted octanol–water partition coefficient (Wildman–Crippen LogP) is 7.23. The molecule has 0 aliphatic carbocycles. The van der Waals surface area contributed by atoms with Crippen molar-refractivity contribution < 1.29 is 0 Å². The maximum Gasteiger partial charge on any atom is 0.00717 e. The Balaban J connectivity index is 2.40. The number of hydrogen-bond acceptors (Lipinski definition) is 1. The van der Waals surface area contributed by atoms with Crippen LogP contribution in [0.2, 0.25) is 0 Å². The average Bonchev–Trinajstić information content (AvgIpc) is 2.63. The Hall–Kier alpha value is -1.31. The molecule has 1 N–H and O–H groups in total. The van der Waals surface area contributed by atoms with Gasteiger partial charge >= 0.3 is 0 Å². The second-order valence-electron chi connectivity index (χ2n) is 8.23. The van der Waals surface area contributed by atoms with Crippen LogP contribution in [0.5, 0.6) is 0 Å². The van der Waals surface area contributed by atoms with Crippen LogP contribution < -0.4 is 5.32 Å². The van der Waals surface area contributed by atoms with Crippen molar-refractivity contribution in [1.29, 1.82) is 0 Å². The summed E-state index contributed by atoms with van der Waals surface area (Å²) in [5, 5.41) is 3.58. The standard InChI is InChI=1S/C25H38ClN/c1-18(2)25-15-23(7)22(6)14-24(25)11-10-21(5)17-27-13-12-19(3)8-9-20(4)16-26/h8-9,14-16,18,21,27H,3,10-13,17H2,1-2,4-7H3/b9-8-,20-16-. The molecule has 0 aliphatic heterocycles. The normalized spacial score (nSPS) is 13.6. The van der Waals surface area contributed by atoms with E-state index in [0.29, 0.717) is 11.8 Å². The van der Waals surface area contributed by atoms with E-state index in [1.165, 1.54) is 28.7 Å². The van der Waals surface area contributed by atoms with Gasteiger partial charge in [-0.1, -0.05) is 68.8 Å². The summed E-state index contributed by atoms with van der Waals surface area (Å²) in [4.78, 5) is 0. The van der Waals surface area contributed by atoms with E-state index in [1.54, 1.807) is 5.54 Å². The van der Waals surface area contributed by atoms with E-state index in [4.69, 9.17) is 11.6 Å². The van der Waals surface area contributed by atoms with Crippen LogP contribution in [0.3, 0.4) is 0 Å². The lowest BCUT2D eigenvalue weighted by Crippen LogP contribution is -2.23. The number of benzene rings is 1. The molecule has 0 amide bonds. The number of nitrogens with one attached hydrogen (secondary N) is 1. The van der Waals surface area contributed by atoms with Gasteiger partial charge in [0.1, 0.15) is 0 Å². The van der Waals surface area contributed by atoms with Gasteiger partial charge in [-0.2, -0.15) is 0 Å². The Morgan fingerprint density at radius 1 is 1.15 bits per heavy atom. The zero-order valence-electron chi connectivity index (χ0n) is 18.2. The van der Waals surface area contributed by atoms with Crippen molar-refractivity contribution in [3.05, 3.63) is 69.8 Å². The van der Waals surface area contributed by atoms with Gasteiger partial charge in [-0.15, -0.1) is 0 Å². The topological polar surface area (TPSA) is 12.0 Å². The van der Waals surface area contributed by atoms with Gasteiger partial charge in [-0.3, -0.25) is 0 Å². The molecule has 1 nitrogen and oxygen atoms in total. The monoisotopic (exact) mass is 387 g/mol. The van der Waals surface area contributed by atoms with Crippen molar-refractivity contribution in [2.45, 2.75) is 66.7 Å². The summed E-state index contributed by atoms with van der Waals surface area (Å²) < 4.78 is 0. The van der Waals surface area contributed by atoms with Crippen molar-refractivity contribution in [2.24, 2.45) is 5.92 Å². The lowest BCUT2D eigenvalue weighted by atomic mass is 9.89. The third-order valence-corrected chi connectivity index (χ3v) is 5.50. The number of hydrogen-bond donors (Lipinski definition) is 1. The highest BCUT2D eigenvalue weighted by Crippen LogP contribution is 2.25. The summed E-state index contributed by atoms with van der Waals surface area (Å²) in [6.07, 6.45) is 7.40. The zero-order valence-corrected chi connectivity index (χ0v) is 18.9. The van der Waals surface area contributed by atoms with Crippen LogP contribution >= 0.6 is 11.6 Å². The molecule has 0 aromatic heterocycles. The molecule has 0 aliphatic rings. The van der Waals surface area contributed by atoms with Crippen LogP contribution in [-0.4, -0.2) is 13.1 Å². The minimum Gasteiger partial charge on any atom is -0.316 e. The summed E-state index contributed by atoms with van der Waals surface area (Å²) in [6, 6.07) is 4.79. The van der Waals surface area contributed by atoms with Crippen LogP contribution in [-0.2, 0) is 6.42 Å². The van der Waals surface area contributed by atoms with Crippen molar-refractivity contribution in [2.75, 3.05) is 13.1 Å². The Bertz CT molecular complexity index is 667. The van der Waals surface area contributed by atoms with Crippen LogP contribution in [0.25, 0.3) is 0 Å². The highest BCUT2D eigenvalue weighted by molar-refractivity contribution is 6.25. The quantitative estimate of drug-likeness (QED) is 0.312. The van der Waals surface area contributed by atoms with Crippen LogP contribution in [0.1, 0.15) is 68.7 Å². The van der Waals surface area contributed by atoms with Crippen LogP contribution in [0.15, 0.2) is 47.5 Å². The van der Waals surface area contributed by atoms with Gasteiger partial charge < -0.3 is 5.32 Å². The second-order valence-corrected chi connectivity index (χ2v) is 8.45. The molecule has 1 aromatic carbocycles. The number of halogens is 1. The van der Waals surface area contributed by atoms with Crippen molar-refractivity contribution in [3.63, 3.8) is 0 Å². The smallest absolute Gasteiger partial charge is 0.00717 e. The van der Waals surface area contributed by atoms with Crippen LogP contribution in [0, 0.1) is 19.8 Å². The Morgan fingerprint density at radius 2 is 1.81 bits per heavy atom. The molecular formula is C25H38ClN. The minimum absolute atomic E-state index is 0.587. The molecule has 0 fully saturated rings. The summed E-state index contributed by atoms with van der Waals surface area (Å²) in [5.41, 5.74) is 9.62. The summed E-state index contributed by atoms with van der Waals surface area (Å²) in [7, 11) is 0. The van der Waals surface area contributed by atoms with Gasteiger partial charge in [0.15, 0.2) is 0 Å². The lowest BCUT2D eigenvalue weighted by Gasteiger charge is -2.18. The molecule has 0 saturated heterocycles. The second kappa shape index (κ2) is 12.2. The van der Waals surface area contributed by atoms with E-state index in [1.807, 2.05) is 19.1 Å². The fourth-order valence-corrected chi connectivity index (χ4v) is 3.20. The zero-order chi connectivity index (χ0) is 20.4. The molecule has 1 atom stereocenters. The molecule has 0 bridgehead atoms. The molecule has 1 rings (SSSR count). The molecule has 0 radical (unpaired) electrons. The van der Waals surface area contributed by atoms with Crippen molar-refractivity contribution in [3.8, 4) is 0 Å². The number of rotatable bonds is 11. The molecule has 150 valence electrons. The van der Waals surface area contributed by atoms with E-state index in [-0.39, 0.29) is 0 Å². The fourth-order valence-electron chi connectivity index (χ4n) is 3.12. The van der Waals surface area contributed by atoms with E-state index in [2.05, 4.69) is 58.6 Å². The van der Waals surface area contributed by atoms with Gasteiger partial charge in [0.25, 0.3) is 0 Å². The van der Waals surface area contributed by atoms with Gasteiger partial charge in [-0.25, -0.2) is 0 Å². The highest BCUT2D eigenvalue weighted by atomic mass is 35.5. The molecule has 0 spiro atoms. The maximum absolute atomic E-state index is 5.66. The Morgan fingerprint density at radius 3 is 2.44 bits per heavy atom. The van der Waals surface area contributed by atoms with Crippen molar-refractivity contribution >= 4 is 11.6 Å². The Kier molecular flexibility index (Phi) is 10.7. The van der Waals surface area contributed by atoms with E-state index < -0.39 is 0 Å². The first-order chi connectivity index (χ1) is 12.7. The molecule has 0 saturated carbocycles. The summed E-state index contributed by atoms with van der Waals surface area (Å²) in [5.74, 6) is 1.25. The van der Waals surface area contributed by atoms with E-state index >= 15 is 0 Å². The SMILES string of the molecule is C=C(/C=C\C(C)=C/Cl)CCNCC(C)CCc1cc(C)c(C)cc1C(C)C. The van der Waals surface area contributed by atoms with Gasteiger partial charge in [0.2, 0.25) is 0 Å². The third kappa shape index (κ3) is 8.95. The minimum atomic E-state index is 0.587.